The highest BCUT2D eigenvalue weighted by Crippen LogP contribution is 2.21. The molecule has 0 aliphatic carbocycles. The second-order valence-electron chi connectivity index (χ2n) is 16.3. The summed E-state index contributed by atoms with van der Waals surface area (Å²) in [7, 11) is 0. The molecular formula is C39H63N7O14. The van der Waals surface area contributed by atoms with Gasteiger partial charge in [0.1, 0.15) is 42.4 Å². The van der Waals surface area contributed by atoms with Crippen molar-refractivity contribution < 1.29 is 67.7 Å². The van der Waals surface area contributed by atoms with Gasteiger partial charge in [0.25, 0.3) is 5.91 Å². The summed E-state index contributed by atoms with van der Waals surface area (Å²) >= 11 is 0. The fraction of sp³-hybridized carbons (Fsp3) is 0.718. The van der Waals surface area contributed by atoms with Crippen molar-refractivity contribution in [3.8, 4) is 0 Å². The Kier molecular flexibility index (Phi) is 21.4. The standard InChI is InChI=1S/C39H63N7O14/c1-10-12-23(32(53)37(58)40-19-29(52)60-39(7,8)9)42-35(56)26-13-11-18-46(26)38(59)31(21(4)5)45-36(57)30(20(2)3)44-34(55)25(15-17-28(50)51)43-33(54)24(41-22(6)47)14-16-27(48)49/h20-21,23-26,30-31H,10-19H2,1-9H3,(H,40,58)(H,41,47)(H,42,56)(H,43,54)(H,44,55)(H,45,57)(H,48,49)(H,50,51). The molecule has 1 saturated heterocycles. The van der Waals surface area contributed by atoms with E-state index in [9.17, 15) is 57.8 Å². The van der Waals surface area contributed by atoms with Crippen molar-refractivity contribution in [1.82, 2.24) is 36.8 Å². The summed E-state index contributed by atoms with van der Waals surface area (Å²) in [6, 6.07) is -7.77. The van der Waals surface area contributed by atoms with Gasteiger partial charge in [0.05, 0.1) is 6.04 Å². The second-order valence-corrected chi connectivity index (χ2v) is 16.3. The molecule has 8 N–H and O–H groups in total. The van der Waals surface area contributed by atoms with Gasteiger partial charge in [-0.15, -0.1) is 0 Å². The normalized spacial score (nSPS) is 16.3. The molecule has 1 fully saturated rings. The first-order valence-corrected chi connectivity index (χ1v) is 20.1. The van der Waals surface area contributed by atoms with Gasteiger partial charge in [-0.1, -0.05) is 41.0 Å². The molecule has 0 spiro atoms. The Morgan fingerprint density at radius 1 is 0.700 bits per heavy atom. The van der Waals surface area contributed by atoms with Crippen molar-refractivity contribution in [2.75, 3.05) is 13.1 Å². The smallest absolute Gasteiger partial charge is 0.325 e. The molecule has 0 aromatic rings. The van der Waals surface area contributed by atoms with Crippen LogP contribution in [0.15, 0.2) is 0 Å². The highest BCUT2D eigenvalue weighted by Gasteiger charge is 2.41. The number of nitrogens with zero attached hydrogens (tertiary/aromatic N) is 1. The van der Waals surface area contributed by atoms with Crippen molar-refractivity contribution in [2.24, 2.45) is 11.8 Å². The largest absolute Gasteiger partial charge is 0.481 e. The van der Waals surface area contributed by atoms with Gasteiger partial charge in [-0.3, -0.25) is 52.7 Å². The number of hydrogen-bond acceptors (Lipinski definition) is 12. The summed E-state index contributed by atoms with van der Waals surface area (Å²) in [5, 5.41) is 33.0. The number of amides is 7. The molecule has 338 valence electrons. The van der Waals surface area contributed by atoms with E-state index in [0.29, 0.717) is 12.8 Å². The predicted octanol–water partition coefficient (Wildman–Crippen LogP) is -0.710. The molecule has 1 aliphatic heterocycles. The fourth-order valence-corrected chi connectivity index (χ4v) is 6.22. The van der Waals surface area contributed by atoms with Crippen molar-refractivity contribution in [3.63, 3.8) is 0 Å². The van der Waals surface area contributed by atoms with Crippen molar-refractivity contribution in [2.45, 2.75) is 156 Å². The summed E-state index contributed by atoms with van der Waals surface area (Å²) in [5.41, 5.74) is -0.817. The molecule has 6 unspecified atom stereocenters. The zero-order valence-electron chi connectivity index (χ0n) is 35.9. The lowest BCUT2D eigenvalue weighted by atomic mass is 9.98. The number of esters is 1. The van der Waals surface area contributed by atoms with E-state index in [2.05, 4.69) is 31.9 Å². The van der Waals surface area contributed by atoms with Crippen LogP contribution in [-0.4, -0.2) is 135 Å². The van der Waals surface area contributed by atoms with Crippen LogP contribution in [0, 0.1) is 11.8 Å². The Labute approximate surface area is 349 Å². The highest BCUT2D eigenvalue weighted by atomic mass is 16.6. The van der Waals surface area contributed by atoms with E-state index < -0.39 is 145 Å². The Bertz CT molecular complexity index is 1610. The number of ketones is 1. The van der Waals surface area contributed by atoms with E-state index in [0.717, 1.165) is 6.92 Å². The van der Waals surface area contributed by atoms with Crippen LogP contribution < -0.4 is 31.9 Å². The molecule has 60 heavy (non-hydrogen) atoms. The van der Waals surface area contributed by atoms with Crippen LogP contribution in [-0.2, 0) is 57.5 Å². The Hall–Kier alpha value is -5.63. The fourth-order valence-electron chi connectivity index (χ4n) is 6.22. The minimum absolute atomic E-state index is 0.0829. The van der Waals surface area contributed by atoms with Crippen LogP contribution in [0.25, 0.3) is 0 Å². The number of ether oxygens (including phenoxy) is 1. The number of rotatable bonds is 24. The first kappa shape index (κ1) is 52.4. The number of carbonyl (C=O) groups excluding carboxylic acids is 9. The average molecular weight is 854 g/mol. The minimum Gasteiger partial charge on any atom is -0.481 e. The van der Waals surface area contributed by atoms with Gasteiger partial charge in [-0.05, 0) is 64.7 Å². The van der Waals surface area contributed by atoms with Gasteiger partial charge in [-0.2, -0.15) is 0 Å². The molecule has 21 nitrogen and oxygen atoms in total. The lowest BCUT2D eigenvalue weighted by Crippen LogP contribution is -2.61. The van der Waals surface area contributed by atoms with Crippen molar-refractivity contribution >= 4 is 65.0 Å². The molecule has 6 atom stereocenters. The first-order valence-electron chi connectivity index (χ1n) is 20.1. The Morgan fingerprint density at radius 2 is 1.22 bits per heavy atom. The Balaban J connectivity index is 3.20. The number of carboxylic acid groups (broad SMARTS) is 2. The van der Waals surface area contributed by atoms with Crippen LogP contribution in [0.4, 0.5) is 0 Å². The zero-order valence-corrected chi connectivity index (χ0v) is 35.9. The number of hydrogen-bond donors (Lipinski definition) is 8. The van der Waals surface area contributed by atoms with Crippen LogP contribution in [0.3, 0.4) is 0 Å². The summed E-state index contributed by atoms with van der Waals surface area (Å²) in [6.07, 6.45) is -0.761. The zero-order chi connectivity index (χ0) is 46.1. The first-order chi connectivity index (χ1) is 27.8. The van der Waals surface area contributed by atoms with Crippen LogP contribution in [0.2, 0.25) is 0 Å². The maximum atomic E-state index is 14.1. The molecular weight excluding hydrogens is 790 g/mol. The third-order valence-corrected chi connectivity index (χ3v) is 9.18. The van der Waals surface area contributed by atoms with Gasteiger partial charge in [0, 0.05) is 26.3 Å². The van der Waals surface area contributed by atoms with Crippen LogP contribution >= 0.6 is 0 Å². The predicted molar refractivity (Wildman–Crippen MR) is 212 cm³/mol. The molecule has 0 aromatic carbocycles. The summed E-state index contributed by atoms with van der Waals surface area (Å²) in [4.78, 5) is 141. The minimum atomic E-state index is -1.53. The number of nitrogens with one attached hydrogen (secondary N) is 6. The molecule has 0 bridgehead atoms. The number of likely N-dealkylation sites (tertiary alicyclic amines) is 1. The number of carboxylic acids is 2. The molecule has 0 radical (unpaired) electrons. The Morgan fingerprint density at radius 3 is 1.70 bits per heavy atom. The number of Topliss-reactive ketones (excluding diaryl/α,β-unsaturated/α-hetero) is 1. The topological polar surface area (TPSA) is 313 Å². The maximum Gasteiger partial charge on any atom is 0.325 e. The summed E-state index contributed by atoms with van der Waals surface area (Å²) in [5.74, 6) is -11.3. The summed E-state index contributed by atoms with van der Waals surface area (Å²) < 4.78 is 5.14. The molecule has 1 heterocycles. The third kappa shape index (κ3) is 18.1. The van der Waals surface area contributed by atoms with Crippen LogP contribution in [0.5, 0.6) is 0 Å². The van der Waals surface area contributed by atoms with Gasteiger partial charge >= 0.3 is 17.9 Å². The quantitative estimate of drug-likeness (QED) is 0.0440. The molecule has 0 aromatic heterocycles. The molecule has 21 heteroatoms. The maximum absolute atomic E-state index is 14.1. The molecule has 1 aliphatic rings. The van der Waals surface area contributed by atoms with E-state index in [1.54, 1.807) is 55.4 Å². The van der Waals surface area contributed by atoms with Crippen LogP contribution in [0.1, 0.15) is 114 Å². The van der Waals surface area contributed by atoms with Gasteiger partial charge in [0.2, 0.25) is 41.2 Å². The van der Waals surface area contributed by atoms with E-state index >= 15 is 0 Å². The van der Waals surface area contributed by atoms with E-state index in [1.165, 1.54) is 4.90 Å². The second kappa shape index (κ2) is 24.5. The van der Waals surface area contributed by atoms with E-state index in [4.69, 9.17) is 9.84 Å². The lowest BCUT2D eigenvalue weighted by molar-refractivity contribution is -0.155. The van der Waals surface area contributed by atoms with E-state index in [1.807, 2.05) is 0 Å². The lowest BCUT2D eigenvalue weighted by Gasteiger charge is -2.33. The van der Waals surface area contributed by atoms with Crippen molar-refractivity contribution in [1.29, 1.82) is 0 Å². The molecule has 0 saturated carbocycles. The highest BCUT2D eigenvalue weighted by molar-refractivity contribution is 6.38. The van der Waals surface area contributed by atoms with E-state index in [-0.39, 0.29) is 25.8 Å². The average Bonchev–Trinajstić information content (AvgIpc) is 3.63. The van der Waals surface area contributed by atoms with Gasteiger partial charge in [0.15, 0.2) is 0 Å². The van der Waals surface area contributed by atoms with Gasteiger partial charge < -0.3 is 51.8 Å². The molecule has 7 amide bonds. The number of aliphatic carboxylic acids is 2. The summed E-state index contributed by atoms with van der Waals surface area (Å²) in [6.45, 7) is 13.8. The SMILES string of the molecule is CCCC(NC(=O)C1CCCN1C(=O)C(NC(=O)C(NC(=O)C(CCC(=O)O)NC(=O)C(CCC(=O)O)NC(C)=O)C(C)C)C(C)C)C(=O)C(=O)NCC(=O)OC(C)(C)C. The number of carbonyl (C=O) groups is 11. The van der Waals surface area contributed by atoms with Gasteiger partial charge in [-0.25, -0.2) is 0 Å². The third-order valence-electron chi connectivity index (χ3n) is 9.18. The van der Waals surface area contributed by atoms with Crippen molar-refractivity contribution in [3.05, 3.63) is 0 Å². The monoisotopic (exact) mass is 853 g/mol. The molecule has 1 rings (SSSR count).